The van der Waals surface area contributed by atoms with E-state index in [1.165, 1.54) is 30.3 Å². The van der Waals surface area contributed by atoms with Gasteiger partial charge in [-0.3, -0.25) is 4.79 Å². The van der Waals surface area contributed by atoms with Gasteiger partial charge in [-0.1, -0.05) is 18.2 Å². The fourth-order valence-corrected chi connectivity index (χ4v) is 1.94. The summed E-state index contributed by atoms with van der Waals surface area (Å²) in [4.78, 5) is 23.5. The normalized spacial score (nSPS) is 11.1. The predicted octanol–water partition coefficient (Wildman–Crippen LogP) is 2.05. The third-order valence-electron chi connectivity index (χ3n) is 3.01. The molecule has 6 nitrogen and oxygen atoms in total. The number of amides is 3. The average molecular weight is 312 g/mol. The first kappa shape index (κ1) is 16.0. The molecule has 116 valence electrons. The summed E-state index contributed by atoms with van der Waals surface area (Å²) in [6.45, 7) is 0. The van der Waals surface area contributed by atoms with Crippen molar-refractivity contribution in [1.29, 1.82) is 5.26 Å². The summed E-state index contributed by atoms with van der Waals surface area (Å²) < 4.78 is 12.9. The van der Waals surface area contributed by atoms with Gasteiger partial charge in [0.2, 0.25) is 5.91 Å². The third-order valence-corrected chi connectivity index (χ3v) is 3.01. The van der Waals surface area contributed by atoms with E-state index in [2.05, 4.69) is 10.6 Å². The molecule has 4 N–H and O–H groups in total. The van der Waals surface area contributed by atoms with Crippen LogP contribution in [0.4, 0.5) is 14.9 Å². The molecule has 0 unspecified atom stereocenters. The Labute approximate surface area is 131 Å². The number of nitrogens with zero attached hydrogens (tertiary/aromatic N) is 1. The van der Waals surface area contributed by atoms with Crippen molar-refractivity contribution in [2.45, 2.75) is 6.04 Å². The number of carbonyl (C=O) groups excluding carboxylic acids is 2. The van der Waals surface area contributed by atoms with Gasteiger partial charge in [-0.15, -0.1) is 0 Å². The molecule has 1 atom stereocenters. The molecule has 0 saturated carbocycles. The fourth-order valence-electron chi connectivity index (χ4n) is 1.94. The van der Waals surface area contributed by atoms with Crippen LogP contribution >= 0.6 is 0 Å². The Morgan fingerprint density at radius 1 is 1.17 bits per heavy atom. The molecule has 0 heterocycles. The Morgan fingerprint density at radius 2 is 1.87 bits per heavy atom. The quantitative estimate of drug-likeness (QED) is 0.804. The SMILES string of the molecule is N#Cc1cccc(NC(=O)N[C@@H](C(N)=O)c2ccc(F)cc2)c1. The maximum atomic E-state index is 12.9. The molecule has 0 bridgehead atoms. The zero-order chi connectivity index (χ0) is 16.8. The number of anilines is 1. The molecule has 2 aromatic carbocycles. The predicted molar refractivity (Wildman–Crippen MR) is 81.6 cm³/mol. The third kappa shape index (κ3) is 4.28. The zero-order valence-corrected chi connectivity index (χ0v) is 11.9. The first-order valence-corrected chi connectivity index (χ1v) is 6.62. The van der Waals surface area contributed by atoms with E-state index < -0.39 is 23.8 Å². The maximum Gasteiger partial charge on any atom is 0.320 e. The minimum atomic E-state index is -1.10. The van der Waals surface area contributed by atoms with E-state index in [9.17, 15) is 14.0 Å². The van der Waals surface area contributed by atoms with E-state index in [-0.39, 0.29) is 0 Å². The number of hydrogen-bond acceptors (Lipinski definition) is 3. The zero-order valence-electron chi connectivity index (χ0n) is 11.9. The molecule has 0 saturated heterocycles. The highest BCUT2D eigenvalue weighted by atomic mass is 19.1. The molecule has 2 aromatic rings. The lowest BCUT2D eigenvalue weighted by Crippen LogP contribution is -2.39. The van der Waals surface area contributed by atoms with Gasteiger partial charge < -0.3 is 16.4 Å². The highest BCUT2D eigenvalue weighted by molar-refractivity contribution is 5.93. The van der Waals surface area contributed by atoms with Gasteiger partial charge in [0, 0.05) is 5.69 Å². The number of primary amides is 1. The van der Waals surface area contributed by atoms with E-state index in [4.69, 9.17) is 11.0 Å². The molecule has 0 aliphatic rings. The number of nitrogens with one attached hydrogen (secondary N) is 2. The summed E-state index contributed by atoms with van der Waals surface area (Å²) in [5.74, 6) is -1.24. The monoisotopic (exact) mass is 312 g/mol. The Hall–Kier alpha value is -3.40. The summed E-state index contributed by atoms with van der Waals surface area (Å²) in [5, 5.41) is 13.7. The van der Waals surface area contributed by atoms with Crippen molar-refractivity contribution < 1.29 is 14.0 Å². The highest BCUT2D eigenvalue weighted by Gasteiger charge is 2.20. The second-order valence-corrected chi connectivity index (χ2v) is 4.68. The molecule has 7 heteroatoms. The van der Waals surface area contributed by atoms with E-state index in [0.29, 0.717) is 16.8 Å². The molecule has 23 heavy (non-hydrogen) atoms. The fraction of sp³-hybridized carbons (Fsp3) is 0.0625. The molecule has 0 radical (unpaired) electrons. The van der Waals surface area contributed by atoms with Gasteiger partial charge in [0.05, 0.1) is 11.6 Å². The van der Waals surface area contributed by atoms with Crippen LogP contribution in [0, 0.1) is 17.1 Å². The van der Waals surface area contributed by atoms with Crippen molar-refractivity contribution in [3.05, 3.63) is 65.5 Å². The molecule has 2 rings (SSSR count). The standard InChI is InChI=1S/C16H13FN4O2/c17-12-6-4-11(5-7-12)14(15(19)22)21-16(23)20-13-3-1-2-10(8-13)9-18/h1-8,14H,(H2,19,22)(H2,20,21,23)/t14-/m1/s1. The van der Waals surface area contributed by atoms with Gasteiger partial charge in [0.15, 0.2) is 0 Å². The van der Waals surface area contributed by atoms with Crippen LogP contribution in [0.15, 0.2) is 48.5 Å². The molecule has 0 fully saturated rings. The molecule has 0 aliphatic carbocycles. The number of urea groups is 1. The lowest BCUT2D eigenvalue weighted by Gasteiger charge is -2.16. The number of nitriles is 1. The van der Waals surface area contributed by atoms with Crippen LogP contribution in [0.25, 0.3) is 0 Å². The summed E-state index contributed by atoms with van der Waals surface area (Å²) >= 11 is 0. The van der Waals surface area contributed by atoms with Gasteiger partial charge in [-0.05, 0) is 35.9 Å². The first-order valence-electron chi connectivity index (χ1n) is 6.62. The van der Waals surface area contributed by atoms with Crippen LogP contribution in [-0.4, -0.2) is 11.9 Å². The molecular formula is C16H13FN4O2. The lowest BCUT2D eigenvalue weighted by atomic mass is 10.1. The summed E-state index contributed by atoms with van der Waals surface area (Å²) in [6, 6.07) is 11.5. The van der Waals surface area contributed by atoms with E-state index in [1.54, 1.807) is 18.2 Å². The molecule has 0 spiro atoms. The van der Waals surface area contributed by atoms with E-state index in [0.717, 1.165) is 0 Å². The average Bonchev–Trinajstić information content (AvgIpc) is 2.53. The van der Waals surface area contributed by atoms with Gasteiger partial charge in [-0.25, -0.2) is 9.18 Å². The molecule has 0 aromatic heterocycles. The van der Waals surface area contributed by atoms with Crippen LogP contribution in [-0.2, 0) is 4.79 Å². The smallest absolute Gasteiger partial charge is 0.320 e. The van der Waals surface area contributed by atoms with Crippen molar-refractivity contribution in [3.8, 4) is 6.07 Å². The van der Waals surface area contributed by atoms with Crippen LogP contribution in [0.2, 0.25) is 0 Å². The van der Waals surface area contributed by atoms with Crippen LogP contribution < -0.4 is 16.4 Å². The molecular weight excluding hydrogens is 299 g/mol. The van der Waals surface area contributed by atoms with Gasteiger partial charge in [0.25, 0.3) is 0 Å². The Kier molecular flexibility index (Phi) is 4.89. The van der Waals surface area contributed by atoms with Crippen LogP contribution in [0.1, 0.15) is 17.2 Å². The Morgan fingerprint density at radius 3 is 2.48 bits per heavy atom. The van der Waals surface area contributed by atoms with Crippen molar-refractivity contribution in [3.63, 3.8) is 0 Å². The number of nitrogens with two attached hydrogens (primary N) is 1. The van der Waals surface area contributed by atoms with E-state index >= 15 is 0 Å². The summed E-state index contributed by atoms with van der Waals surface area (Å²) in [6.07, 6.45) is 0. The minimum absolute atomic E-state index is 0.361. The second-order valence-electron chi connectivity index (χ2n) is 4.68. The van der Waals surface area contributed by atoms with Crippen molar-refractivity contribution >= 4 is 17.6 Å². The van der Waals surface area contributed by atoms with Gasteiger partial charge in [-0.2, -0.15) is 5.26 Å². The minimum Gasteiger partial charge on any atom is -0.368 e. The van der Waals surface area contributed by atoms with Gasteiger partial charge >= 0.3 is 6.03 Å². The number of halogens is 1. The number of rotatable bonds is 4. The number of carbonyl (C=O) groups is 2. The van der Waals surface area contributed by atoms with Crippen molar-refractivity contribution in [1.82, 2.24) is 5.32 Å². The largest absolute Gasteiger partial charge is 0.368 e. The van der Waals surface area contributed by atoms with Gasteiger partial charge in [0.1, 0.15) is 11.9 Å². The van der Waals surface area contributed by atoms with E-state index in [1.807, 2.05) is 6.07 Å². The highest BCUT2D eigenvalue weighted by Crippen LogP contribution is 2.14. The summed E-state index contributed by atoms with van der Waals surface area (Å²) in [7, 11) is 0. The van der Waals surface area contributed by atoms with Crippen LogP contribution in [0.3, 0.4) is 0 Å². The topological polar surface area (TPSA) is 108 Å². The summed E-state index contributed by atoms with van der Waals surface area (Å²) in [5.41, 5.74) is 6.41. The Bertz CT molecular complexity index is 768. The molecule has 3 amide bonds. The van der Waals surface area contributed by atoms with Crippen molar-refractivity contribution in [2.75, 3.05) is 5.32 Å². The lowest BCUT2D eigenvalue weighted by molar-refractivity contribution is -0.119. The number of benzene rings is 2. The first-order chi connectivity index (χ1) is 11.0. The van der Waals surface area contributed by atoms with Crippen LogP contribution in [0.5, 0.6) is 0 Å². The molecule has 0 aliphatic heterocycles. The maximum absolute atomic E-state index is 12.9. The number of hydrogen-bond donors (Lipinski definition) is 3. The van der Waals surface area contributed by atoms with Crippen molar-refractivity contribution in [2.24, 2.45) is 5.73 Å². The Balaban J connectivity index is 2.10. The second kappa shape index (κ2) is 7.04.